The Balaban J connectivity index is 1.74. The molecule has 1 atom stereocenters. The van der Waals surface area contributed by atoms with Crippen molar-refractivity contribution in [3.8, 4) is 17.0 Å². The van der Waals surface area contributed by atoms with Crippen LogP contribution in [0.15, 0.2) is 23.0 Å². The van der Waals surface area contributed by atoms with Gasteiger partial charge in [0.05, 0.1) is 36.5 Å². The first kappa shape index (κ1) is 19.0. The summed E-state index contributed by atoms with van der Waals surface area (Å²) >= 11 is 0. The van der Waals surface area contributed by atoms with Gasteiger partial charge in [0.1, 0.15) is 5.82 Å². The van der Waals surface area contributed by atoms with Crippen molar-refractivity contribution < 1.29 is 13.9 Å². The van der Waals surface area contributed by atoms with Crippen LogP contribution in [0.25, 0.3) is 22.0 Å². The lowest BCUT2D eigenvalue weighted by Crippen LogP contribution is -2.42. The number of benzene rings is 1. The summed E-state index contributed by atoms with van der Waals surface area (Å²) in [6.45, 7) is 5.43. The normalized spacial score (nSPS) is 18.3. The molecule has 8 heteroatoms. The molecule has 2 aliphatic rings. The largest absolute Gasteiger partial charge is 0.481 e. The first-order valence-corrected chi connectivity index (χ1v) is 9.99. The fraction of sp³-hybridized carbons (Fsp3) is 0.364. The number of aromatic amines is 1. The summed E-state index contributed by atoms with van der Waals surface area (Å²) in [5, 5.41) is 2.64. The summed E-state index contributed by atoms with van der Waals surface area (Å²) in [5.74, 6) is -0.0287. The Bertz CT molecular complexity index is 1220. The molecule has 0 aliphatic carbocycles. The Labute approximate surface area is 172 Å². The van der Waals surface area contributed by atoms with Crippen molar-refractivity contribution >= 4 is 16.6 Å². The van der Waals surface area contributed by atoms with Crippen LogP contribution >= 0.6 is 0 Å². The molecule has 3 aromatic rings. The molecule has 0 bridgehead atoms. The van der Waals surface area contributed by atoms with Crippen LogP contribution in [0, 0.1) is 19.7 Å². The molecule has 2 aliphatic heterocycles. The minimum absolute atomic E-state index is 0.114. The van der Waals surface area contributed by atoms with Gasteiger partial charge in [-0.1, -0.05) is 0 Å². The van der Waals surface area contributed by atoms with Crippen molar-refractivity contribution in [1.82, 2.24) is 15.4 Å². The van der Waals surface area contributed by atoms with Gasteiger partial charge in [-0.05, 0) is 44.0 Å². The van der Waals surface area contributed by atoms with Gasteiger partial charge in [-0.2, -0.15) is 0 Å². The zero-order valence-electron chi connectivity index (χ0n) is 17.1. The predicted molar refractivity (Wildman–Crippen MR) is 112 cm³/mol. The zero-order valence-corrected chi connectivity index (χ0v) is 17.1. The lowest BCUT2D eigenvalue weighted by molar-refractivity contribution is 0.192. The molecule has 1 aromatic carbocycles. The highest BCUT2D eigenvalue weighted by Gasteiger charge is 2.32. The van der Waals surface area contributed by atoms with E-state index in [9.17, 15) is 4.79 Å². The molecule has 7 nitrogen and oxygen atoms in total. The number of hydrogen-bond acceptors (Lipinski definition) is 6. The third kappa shape index (κ3) is 2.86. The van der Waals surface area contributed by atoms with Gasteiger partial charge >= 0.3 is 0 Å². The summed E-state index contributed by atoms with van der Waals surface area (Å²) in [4.78, 5) is 20.1. The number of methoxy groups -OCH3 is 1. The van der Waals surface area contributed by atoms with Gasteiger partial charge < -0.3 is 19.5 Å². The van der Waals surface area contributed by atoms with Gasteiger partial charge in [0, 0.05) is 35.4 Å². The molecule has 0 spiro atoms. The molecule has 0 radical (unpaired) electrons. The highest BCUT2D eigenvalue weighted by molar-refractivity contribution is 5.97. The van der Waals surface area contributed by atoms with Crippen LogP contribution in [0.2, 0.25) is 0 Å². The Morgan fingerprint density at radius 2 is 2.13 bits per heavy atom. The van der Waals surface area contributed by atoms with Crippen LogP contribution in [-0.2, 0) is 11.3 Å². The van der Waals surface area contributed by atoms with Crippen molar-refractivity contribution in [2.24, 2.45) is 0 Å². The van der Waals surface area contributed by atoms with Gasteiger partial charge in [0.2, 0.25) is 5.88 Å². The number of pyridine rings is 2. The van der Waals surface area contributed by atoms with Gasteiger partial charge in [0.25, 0.3) is 5.56 Å². The van der Waals surface area contributed by atoms with Crippen LogP contribution < -0.4 is 20.7 Å². The summed E-state index contributed by atoms with van der Waals surface area (Å²) < 4.78 is 26.4. The molecule has 0 amide bonds. The molecular formula is C22H23FN4O3. The number of hydrazine groups is 1. The number of halogens is 1. The number of nitrogens with zero attached hydrogens (tertiary/aromatic N) is 2. The lowest BCUT2D eigenvalue weighted by Gasteiger charge is -2.26. The maximum Gasteiger partial charge on any atom is 0.255 e. The highest BCUT2D eigenvalue weighted by Crippen LogP contribution is 2.39. The lowest BCUT2D eigenvalue weighted by atomic mass is 9.98. The van der Waals surface area contributed by atoms with Crippen molar-refractivity contribution in [3.63, 3.8) is 0 Å². The van der Waals surface area contributed by atoms with E-state index in [1.165, 1.54) is 13.2 Å². The second-order valence-electron chi connectivity index (χ2n) is 7.85. The highest BCUT2D eigenvalue weighted by atomic mass is 19.1. The first-order valence-electron chi connectivity index (χ1n) is 9.99. The summed E-state index contributed by atoms with van der Waals surface area (Å²) in [6.07, 6.45) is 0.854. The third-order valence-electron chi connectivity index (χ3n) is 5.88. The van der Waals surface area contributed by atoms with E-state index < -0.39 is 5.82 Å². The van der Waals surface area contributed by atoms with Gasteiger partial charge in [-0.3, -0.25) is 4.79 Å². The van der Waals surface area contributed by atoms with E-state index in [-0.39, 0.29) is 11.6 Å². The molecule has 5 rings (SSSR count). The number of ether oxygens (including phenoxy) is 2. The number of rotatable bonds is 3. The van der Waals surface area contributed by atoms with Gasteiger partial charge in [-0.15, -0.1) is 0 Å². The van der Waals surface area contributed by atoms with E-state index in [0.29, 0.717) is 53.2 Å². The second-order valence-corrected chi connectivity index (χ2v) is 7.85. The fourth-order valence-electron chi connectivity index (χ4n) is 4.53. The van der Waals surface area contributed by atoms with E-state index in [2.05, 4.69) is 15.4 Å². The number of nitrogens with one attached hydrogen (secondary N) is 2. The van der Waals surface area contributed by atoms with Crippen molar-refractivity contribution in [2.75, 3.05) is 25.3 Å². The Morgan fingerprint density at radius 1 is 1.30 bits per heavy atom. The molecule has 4 heterocycles. The number of fused-ring (bicyclic) bond motifs is 3. The second kappa shape index (κ2) is 7.07. The molecule has 2 aromatic heterocycles. The van der Waals surface area contributed by atoms with Crippen LogP contribution in [0.1, 0.15) is 23.2 Å². The van der Waals surface area contributed by atoms with Gasteiger partial charge in [0.15, 0.2) is 0 Å². The Kier molecular flexibility index (Phi) is 4.48. The number of anilines is 1. The molecule has 30 heavy (non-hydrogen) atoms. The topological polar surface area (TPSA) is 79.5 Å². The smallest absolute Gasteiger partial charge is 0.255 e. The molecule has 0 saturated carbocycles. The minimum atomic E-state index is -0.390. The van der Waals surface area contributed by atoms with E-state index in [1.807, 2.05) is 24.9 Å². The van der Waals surface area contributed by atoms with Gasteiger partial charge in [-0.25, -0.2) is 14.8 Å². The SMILES string of the molecule is COc1nc(C)cc(C)c1-c1cc2[nH]c(=O)c3c(c2cc1F)N([C@H]1CCOC1)NC3. The number of H-pyrrole nitrogens is 1. The van der Waals surface area contributed by atoms with E-state index in [0.717, 1.165) is 23.4 Å². The maximum atomic E-state index is 15.4. The van der Waals surface area contributed by atoms with Crippen molar-refractivity contribution in [3.05, 3.63) is 51.2 Å². The quantitative estimate of drug-likeness (QED) is 0.691. The number of aromatic nitrogens is 2. The molecule has 1 fully saturated rings. The molecular weight excluding hydrogens is 387 g/mol. The predicted octanol–water partition coefficient (Wildman–Crippen LogP) is 2.97. The number of hydrogen-bond donors (Lipinski definition) is 2. The zero-order chi connectivity index (χ0) is 21.0. The van der Waals surface area contributed by atoms with Crippen molar-refractivity contribution in [1.29, 1.82) is 0 Å². The standard InChI is InChI=1S/C22H23FN4O3/c1-11-6-12(2)25-22(29-3)19(11)14-8-18-15(7-17(14)23)20-16(21(28)26-18)9-24-27(20)13-4-5-30-10-13/h6-8,13,24H,4-5,9-10H2,1-3H3,(H,26,28)/t13-/m0/s1. The molecule has 1 saturated heterocycles. The van der Waals surface area contributed by atoms with Crippen LogP contribution in [0.5, 0.6) is 5.88 Å². The third-order valence-corrected chi connectivity index (χ3v) is 5.88. The monoisotopic (exact) mass is 410 g/mol. The van der Waals surface area contributed by atoms with Crippen LogP contribution in [0.3, 0.4) is 0 Å². The summed E-state index contributed by atoms with van der Waals surface area (Å²) in [7, 11) is 1.52. The van der Waals surface area contributed by atoms with E-state index in [1.54, 1.807) is 6.07 Å². The molecule has 0 unspecified atom stereocenters. The Hall–Kier alpha value is -2.97. The number of aryl methyl sites for hydroxylation is 2. The van der Waals surface area contributed by atoms with Crippen LogP contribution in [-0.4, -0.2) is 36.3 Å². The average Bonchev–Trinajstić information content (AvgIpc) is 3.38. The van der Waals surface area contributed by atoms with Crippen LogP contribution in [0.4, 0.5) is 10.1 Å². The molecule has 2 N–H and O–H groups in total. The maximum absolute atomic E-state index is 15.4. The minimum Gasteiger partial charge on any atom is -0.481 e. The van der Waals surface area contributed by atoms with E-state index in [4.69, 9.17) is 9.47 Å². The first-order chi connectivity index (χ1) is 14.5. The summed E-state index contributed by atoms with van der Waals surface area (Å²) in [6, 6.07) is 5.17. The Morgan fingerprint density at radius 3 is 2.87 bits per heavy atom. The van der Waals surface area contributed by atoms with Crippen molar-refractivity contribution in [2.45, 2.75) is 32.9 Å². The summed E-state index contributed by atoms with van der Waals surface area (Å²) in [5.41, 5.74) is 7.62. The molecule has 156 valence electrons. The average molecular weight is 410 g/mol. The fourth-order valence-corrected chi connectivity index (χ4v) is 4.53. The van der Waals surface area contributed by atoms with E-state index >= 15 is 4.39 Å².